The third-order valence-electron chi connectivity index (χ3n) is 5.69. The summed E-state index contributed by atoms with van der Waals surface area (Å²) < 4.78 is 1.73. The van der Waals surface area contributed by atoms with E-state index in [9.17, 15) is 4.79 Å². The van der Waals surface area contributed by atoms with Crippen LogP contribution in [0.5, 0.6) is 0 Å². The highest BCUT2D eigenvalue weighted by Gasteiger charge is 2.37. The second-order valence-electron chi connectivity index (χ2n) is 8.87. The molecule has 0 atom stereocenters. The minimum atomic E-state index is -0.0894. The van der Waals surface area contributed by atoms with Crippen molar-refractivity contribution in [3.8, 4) is 22.4 Å². The quantitative estimate of drug-likeness (QED) is 0.641. The highest BCUT2D eigenvalue weighted by Crippen LogP contribution is 2.45. The smallest absolute Gasteiger partial charge is 0.165 e. The number of nitrogen functional groups attached to an aromatic ring is 1. The number of fused-ring (bicyclic) bond motifs is 1. The van der Waals surface area contributed by atoms with Crippen LogP contribution in [0.3, 0.4) is 0 Å². The Hall–Kier alpha value is -2.88. The normalized spacial score (nSPS) is 15.7. The van der Waals surface area contributed by atoms with E-state index in [2.05, 4.69) is 56.9 Å². The van der Waals surface area contributed by atoms with Crippen LogP contribution in [0.1, 0.15) is 61.6 Å². The Labute approximate surface area is 166 Å². The summed E-state index contributed by atoms with van der Waals surface area (Å²) >= 11 is 0. The molecular weight excluding hydrogens is 346 g/mol. The fourth-order valence-corrected chi connectivity index (χ4v) is 4.26. The molecule has 144 valence electrons. The number of hydrogen-bond acceptors (Lipinski definition) is 3. The van der Waals surface area contributed by atoms with E-state index in [0.717, 1.165) is 40.1 Å². The molecule has 0 fully saturated rings. The SMILES string of the molecule is CC(C)c1ccc(-c2c3c(n(N)c2-c2ccncc2)CC(C)(C)CC3=O)cc1. The summed E-state index contributed by atoms with van der Waals surface area (Å²) in [4.78, 5) is 17.3. The molecule has 3 aromatic rings. The van der Waals surface area contributed by atoms with Gasteiger partial charge in [0.15, 0.2) is 5.78 Å². The van der Waals surface area contributed by atoms with Crippen LogP contribution in [-0.4, -0.2) is 15.4 Å². The van der Waals surface area contributed by atoms with Crippen molar-refractivity contribution in [2.45, 2.75) is 46.5 Å². The Balaban J connectivity index is 2.00. The number of nitrogens with two attached hydrogens (primary N) is 1. The number of carbonyl (C=O) groups excluding carboxylic acids is 1. The van der Waals surface area contributed by atoms with Crippen molar-refractivity contribution in [2.24, 2.45) is 5.41 Å². The van der Waals surface area contributed by atoms with Crippen molar-refractivity contribution in [1.29, 1.82) is 0 Å². The molecule has 0 bridgehead atoms. The molecule has 4 rings (SSSR count). The first-order valence-electron chi connectivity index (χ1n) is 9.85. The Bertz CT molecular complexity index is 1030. The van der Waals surface area contributed by atoms with Gasteiger partial charge in [-0.15, -0.1) is 0 Å². The van der Waals surface area contributed by atoms with Gasteiger partial charge in [0.05, 0.1) is 11.4 Å². The summed E-state index contributed by atoms with van der Waals surface area (Å²) in [5, 5.41) is 0. The first-order valence-corrected chi connectivity index (χ1v) is 9.85. The molecule has 0 saturated heterocycles. The summed E-state index contributed by atoms with van der Waals surface area (Å²) in [7, 11) is 0. The van der Waals surface area contributed by atoms with Crippen LogP contribution >= 0.6 is 0 Å². The van der Waals surface area contributed by atoms with Gasteiger partial charge in [-0.3, -0.25) is 14.5 Å². The number of Topliss-reactive ketones (excluding diaryl/α,β-unsaturated/α-hetero) is 1. The predicted molar refractivity (Wildman–Crippen MR) is 114 cm³/mol. The Morgan fingerprint density at radius 3 is 2.21 bits per heavy atom. The second kappa shape index (κ2) is 6.62. The van der Waals surface area contributed by atoms with Gasteiger partial charge in [0.1, 0.15) is 0 Å². The van der Waals surface area contributed by atoms with Crippen molar-refractivity contribution in [2.75, 3.05) is 5.84 Å². The largest absolute Gasteiger partial charge is 0.339 e. The molecule has 0 amide bonds. The lowest BCUT2D eigenvalue weighted by Gasteiger charge is -2.29. The van der Waals surface area contributed by atoms with E-state index in [-0.39, 0.29) is 11.2 Å². The van der Waals surface area contributed by atoms with Gasteiger partial charge in [-0.05, 0) is 41.0 Å². The molecule has 0 unspecified atom stereocenters. The average Bonchev–Trinajstić information content (AvgIpc) is 2.94. The third-order valence-corrected chi connectivity index (χ3v) is 5.69. The van der Waals surface area contributed by atoms with E-state index in [0.29, 0.717) is 12.3 Å². The van der Waals surface area contributed by atoms with Gasteiger partial charge < -0.3 is 5.84 Å². The van der Waals surface area contributed by atoms with Crippen LogP contribution < -0.4 is 5.84 Å². The second-order valence-corrected chi connectivity index (χ2v) is 8.87. The zero-order chi connectivity index (χ0) is 20.1. The number of rotatable bonds is 3. The summed E-state index contributed by atoms with van der Waals surface area (Å²) in [6.45, 7) is 8.62. The van der Waals surface area contributed by atoms with Gasteiger partial charge in [0.25, 0.3) is 0 Å². The van der Waals surface area contributed by atoms with Gasteiger partial charge in [0, 0.05) is 35.5 Å². The van der Waals surface area contributed by atoms with Gasteiger partial charge in [-0.25, -0.2) is 0 Å². The third kappa shape index (κ3) is 3.03. The zero-order valence-corrected chi connectivity index (χ0v) is 17.0. The maximum atomic E-state index is 13.2. The van der Waals surface area contributed by atoms with Crippen LogP contribution in [0.2, 0.25) is 0 Å². The fourth-order valence-electron chi connectivity index (χ4n) is 4.26. The molecule has 4 nitrogen and oxygen atoms in total. The molecule has 1 aliphatic carbocycles. The lowest BCUT2D eigenvalue weighted by atomic mass is 9.75. The van der Waals surface area contributed by atoms with E-state index in [4.69, 9.17) is 5.84 Å². The van der Waals surface area contributed by atoms with Gasteiger partial charge >= 0.3 is 0 Å². The number of ketones is 1. The first kappa shape index (κ1) is 18.5. The van der Waals surface area contributed by atoms with Crippen LogP contribution in [0, 0.1) is 5.41 Å². The number of nitrogens with zero attached hydrogens (tertiary/aromatic N) is 2. The molecule has 2 N–H and O–H groups in total. The van der Waals surface area contributed by atoms with Gasteiger partial charge in [-0.1, -0.05) is 52.0 Å². The van der Waals surface area contributed by atoms with Gasteiger partial charge in [-0.2, -0.15) is 0 Å². The van der Waals surface area contributed by atoms with Crippen LogP contribution in [0.4, 0.5) is 0 Å². The first-order chi connectivity index (χ1) is 13.3. The van der Waals surface area contributed by atoms with Gasteiger partial charge in [0.2, 0.25) is 0 Å². The lowest BCUT2D eigenvalue weighted by Crippen LogP contribution is -2.29. The van der Waals surface area contributed by atoms with E-state index >= 15 is 0 Å². The minimum absolute atomic E-state index is 0.0894. The average molecular weight is 374 g/mol. The summed E-state index contributed by atoms with van der Waals surface area (Å²) in [6.07, 6.45) is 4.85. The Morgan fingerprint density at radius 2 is 1.61 bits per heavy atom. The minimum Gasteiger partial charge on any atom is -0.339 e. The number of hydrogen-bond donors (Lipinski definition) is 1. The fraction of sp³-hybridized carbons (Fsp3) is 0.333. The number of benzene rings is 1. The standard InChI is InChI=1S/C24H27N3O/c1-15(2)16-5-7-17(8-6-16)21-22-19(13-24(3,4)14-20(22)28)27(25)23(21)18-9-11-26-12-10-18/h5-12,15H,13-14,25H2,1-4H3. The highest BCUT2D eigenvalue weighted by molar-refractivity contribution is 6.08. The Kier molecular flexibility index (Phi) is 4.37. The number of aromatic nitrogens is 2. The molecular formula is C24H27N3O. The van der Waals surface area contributed by atoms with Crippen molar-refractivity contribution in [1.82, 2.24) is 9.66 Å². The van der Waals surface area contributed by atoms with E-state index in [1.54, 1.807) is 17.1 Å². The molecule has 1 aromatic carbocycles. The molecule has 1 aliphatic rings. The maximum Gasteiger partial charge on any atom is 0.165 e. The number of carbonyl (C=O) groups is 1. The topological polar surface area (TPSA) is 60.9 Å². The van der Waals surface area contributed by atoms with E-state index in [1.807, 2.05) is 12.1 Å². The molecule has 4 heteroatoms. The highest BCUT2D eigenvalue weighted by atomic mass is 16.1. The van der Waals surface area contributed by atoms with Crippen molar-refractivity contribution >= 4 is 5.78 Å². The van der Waals surface area contributed by atoms with E-state index < -0.39 is 0 Å². The Morgan fingerprint density at radius 1 is 0.964 bits per heavy atom. The van der Waals surface area contributed by atoms with Crippen LogP contribution in [0.25, 0.3) is 22.4 Å². The summed E-state index contributed by atoms with van der Waals surface area (Å²) in [5.41, 5.74) is 6.73. The molecule has 0 spiro atoms. The van der Waals surface area contributed by atoms with Crippen molar-refractivity contribution in [3.05, 3.63) is 65.6 Å². The van der Waals surface area contributed by atoms with E-state index in [1.165, 1.54) is 5.56 Å². The summed E-state index contributed by atoms with van der Waals surface area (Å²) in [5.74, 6) is 7.24. The monoisotopic (exact) mass is 373 g/mol. The lowest BCUT2D eigenvalue weighted by molar-refractivity contribution is 0.0911. The zero-order valence-electron chi connectivity index (χ0n) is 17.0. The molecule has 0 aliphatic heterocycles. The van der Waals surface area contributed by atoms with Crippen molar-refractivity contribution < 1.29 is 4.79 Å². The molecule has 28 heavy (non-hydrogen) atoms. The molecule has 2 heterocycles. The molecule has 0 saturated carbocycles. The van der Waals surface area contributed by atoms with Crippen molar-refractivity contribution in [3.63, 3.8) is 0 Å². The molecule has 2 aromatic heterocycles. The van der Waals surface area contributed by atoms with Crippen LogP contribution in [-0.2, 0) is 6.42 Å². The number of pyridine rings is 1. The molecule has 0 radical (unpaired) electrons. The maximum absolute atomic E-state index is 13.2. The van der Waals surface area contributed by atoms with Crippen LogP contribution in [0.15, 0.2) is 48.8 Å². The predicted octanol–water partition coefficient (Wildman–Crippen LogP) is 5.21. The summed E-state index contributed by atoms with van der Waals surface area (Å²) in [6, 6.07) is 12.4.